The number of benzene rings is 2. The van der Waals surface area contributed by atoms with Crippen molar-refractivity contribution in [1.29, 1.82) is 0 Å². The van der Waals surface area contributed by atoms with Gasteiger partial charge in [-0.2, -0.15) is 4.31 Å². The van der Waals surface area contributed by atoms with Crippen molar-refractivity contribution in [2.75, 3.05) is 40.0 Å². The first-order valence-corrected chi connectivity index (χ1v) is 15.5. The van der Waals surface area contributed by atoms with E-state index in [0.29, 0.717) is 40.7 Å². The number of ether oxygens (including phenoxy) is 2. The SMILES string of the molecule is COc1cc(C)c(S(=O)(=O)N2CCCCC2COCC(=O)NC(CC2CCNCC2)c2ccccc2)c(C)c1. The van der Waals surface area contributed by atoms with Crippen molar-refractivity contribution in [1.82, 2.24) is 14.9 Å². The Morgan fingerprint density at radius 2 is 1.77 bits per heavy atom. The van der Waals surface area contributed by atoms with E-state index in [-0.39, 0.29) is 31.2 Å². The Hall–Kier alpha value is -2.46. The molecule has 2 aromatic rings. The summed E-state index contributed by atoms with van der Waals surface area (Å²) in [6, 6.07) is 13.2. The maximum absolute atomic E-state index is 13.8. The van der Waals surface area contributed by atoms with Crippen LogP contribution in [0, 0.1) is 19.8 Å². The molecule has 0 aliphatic carbocycles. The van der Waals surface area contributed by atoms with Crippen LogP contribution < -0.4 is 15.4 Å². The molecule has 1 amide bonds. The van der Waals surface area contributed by atoms with Gasteiger partial charge in [0.1, 0.15) is 12.4 Å². The Morgan fingerprint density at radius 3 is 2.44 bits per heavy atom. The van der Waals surface area contributed by atoms with Gasteiger partial charge in [0, 0.05) is 12.6 Å². The van der Waals surface area contributed by atoms with E-state index in [2.05, 4.69) is 22.8 Å². The number of hydrogen-bond donors (Lipinski definition) is 2. The van der Waals surface area contributed by atoms with Crippen molar-refractivity contribution in [3.05, 3.63) is 59.2 Å². The Bertz CT molecular complexity index is 1180. The van der Waals surface area contributed by atoms with Crippen LogP contribution >= 0.6 is 0 Å². The number of aryl methyl sites for hydroxylation is 2. The number of sulfonamides is 1. The predicted molar refractivity (Wildman–Crippen MR) is 152 cm³/mol. The van der Waals surface area contributed by atoms with Crippen molar-refractivity contribution in [2.45, 2.75) is 69.4 Å². The summed E-state index contributed by atoms with van der Waals surface area (Å²) in [6.07, 6.45) is 5.55. The average molecular weight is 558 g/mol. The monoisotopic (exact) mass is 557 g/mol. The van der Waals surface area contributed by atoms with Gasteiger partial charge in [-0.3, -0.25) is 4.79 Å². The third-order valence-corrected chi connectivity index (χ3v) is 10.2. The van der Waals surface area contributed by atoms with Crippen molar-refractivity contribution in [3.8, 4) is 5.75 Å². The Labute approximate surface area is 233 Å². The molecule has 214 valence electrons. The summed E-state index contributed by atoms with van der Waals surface area (Å²) in [5.74, 6) is 1.02. The van der Waals surface area contributed by atoms with Crippen molar-refractivity contribution in [3.63, 3.8) is 0 Å². The maximum Gasteiger partial charge on any atom is 0.246 e. The molecular weight excluding hydrogens is 514 g/mol. The standard InChI is InChI=1S/C30H43N3O5S/c1-22-17-27(37-3)18-23(2)30(22)39(35,36)33-16-8-7-11-26(33)20-38-21-29(34)32-28(25-9-5-4-6-10-25)19-24-12-14-31-15-13-24/h4-6,9-10,17-18,24,26,28,31H,7-8,11-16,19-21H2,1-3H3,(H,32,34). The van der Waals surface area contributed by atoms with E-state index in [1.54, 1.807) is 37.4 Å². The van der Waals surface area contributed by atoms with Crippen molar-refractivity contribution < 1.29 is 22.7 Å². The maximum atomic E-state index is 13.8. The van der Waals surface area contributed by atoms with Crippen LogP contribution in [-0.2, 0) is 19.6 Å². The van der Waals surface area contributed by atoms with Crippen molar-refractivity contribution >= 4 is 15.9 Å². The van der Waals surface area contributed by atoms with Gasteiger partial charge < -0.3 is 20.1 Å². The van der Waals surface area contributed by atoms with Crippen LogP contribution in [0.15, 0.2) is 47.4 Å². The Balaban J connectivity index is 1.38. The van der Waals surface area contributed by atoms with E-state index in [9.17, 15) is 13.2 Å². The highest BCUT2D eigenvalue weighted by atomic mass is 32.2. The summed E-state index contributed by atoms with van der Waals surface area (Å²) in [7, 11) is -2.15. The van der Waals surface area contributed by atoms with E-state index in [0.717, 1.165) is 50.8 Å². The minimum absolute atomic E-state index is 0.0713. The zero-order chi connectivity index (χ0) is 27.8. The molecule has 2 aromatic carbocycles. The minimum Gasteiger partial charge on any atom is -0.497 e. The second-order valence-electron chi connectivity index (χ2n) is 10.8. The molecule has 4 rings (SSSR count). The summed E-state index contributed by atoms with van der Waals surface area (Å²) >= 11 is 0. The topological polar surface area (TPSA) is 97.0 Å². The summed E-state index contributed by atoms with van der Waals surface area (Å²) in [6.45, 7) is 6.16. The van der Waals surface area contributed by atoms with E-state index < -0.39 is 10.0 Å². The Kier molecular flexibility index (Phi) is 10.4. The lowest BCUT2D eigenvalue weighted by Gasteiger charge is -2.35. The highest BCUT2D eigenvalue weighted by Gasteiger charge is 2.35. The van der Waals surface area contributed by atoms with Crippen LogP contribution in [0.2, 0.25) is 0 Å². The number of hydrogen-bond acceptors (Lipinski definition) is 6. The van der Waals surface area contributed by atoms with Gasteiger partial charge >= 0.3 is 0 Å². The molecule has 2 heterocycles. The van der Waals surface area contributed by atoms with E-state index in [1.807, 2.05) is 18.2 Å². The molecule has 0 aromatic heterocycles. The highest BCUT2D eigenvalue weighted by molar-refractivity contribution is 7.89. The average Bonchev–Trinajstić information content (AvgIpc) is 2.93. The second-order valence-corrected chi connectivity index (χ2v) is 12.7. The molecule has 2 saturated heterocycles. The number of piperidine rings is 2. The lowest BCUT2D eigenvalue weighted by Crippen LogP contribution is -2.46. The molecule has 39 heavy (non-hydrogen) atoms. The van der Waals surface area contributed by atoms with Crippen LogP contribution in [-0.4, -0.2) is 64.6 Å². The first kappa shape index (κ1) is 29.5. The quantitative estimate of drug-likeness (QED) is 0.432. The van der Waals surface area contributed by atoms with E-state index >= 15 is 0 Å². The van der Waals surface area contributed by atoms with Crippen LogP contribution in [0.5, 0.6) is 5.75 Å². The largest absolute Gasteiger partial charge is 0.497 e. The molecule has 0 saturated carbocycles. The number of rotatable bonds is 11. The van der Waals surface area contributed by atoms with Crippen LogP contribution in [0.4, 0.5) is 0 Å². The molecule has 8 nitrogen and oxygen atoms in total. The molecule has 0 bridgehead atoms. The second kappa shape index (κ2) is 13.7. The zero-order valence-corrected chi connectivity index (χ0v) is 24.3. The molecule has 2 aliphatic rings. The third kappa shape index (κ3) is 7.60. The smallest absolute Gasteiger partial charge is 0.246 e. The van der Waals surface area contributed by atoms with Gasteiger partial charge in [0.05, 0.1) is 24.7 Å². The van der Waals surface area contributed by atoms with Gasteiger partial charge in [-0.25, -0.2) is 8.42 Å². The molecule has 0 spiro atoms. The fourth-order valence-corrected chi connectivity index (χ4v) is 8.04. The molecule has 2 unspecified atom stereocenters. The van der Waals surface area contributed by atoms with Crippen LogP contribution in [0.25, 0.3) is 0 Å². The molecular formula is C30H43N3O5S. The number of carbonyl (C=O) groups excluding carboxylic acids is 1. The van der Waals surface area contributed by atoms with Gasteiger partial charge in [-0.1, -0.05) is 36.8 Å². The summed E-state index contributed by atoms with van der Waals surface area (Å²) in [4.78, 5) is 13.3. The van der Waals surface area contributed by atoms with Gasteiger partial charge in [-0.15, -0.1) is 0 Å². The van der Waals surface area contributed by atoms with Gasteiger partial charge in [0.15, 0.2) is 0 Å². The molecule has 2 N–H and O–H groups in total. The summed E-state index contributed by atoms with van der Waals surface area (Å²) in [5.41, 5.74) is 2.42. The highest BCUT2D eigenvalue weighted by Crippen LogP contribution is 2.32. The number of amides is 1. The number of nitrogens with one attached hydrogen (secondary N) is 2. The number of nitrogens with zero attached hydrogens (tertiary/aromatic N) is 1. The van der Waals surface area contributed by atoms with E-state index in [1.165, 1.54) is 0 Å². The van der Waals surface area contributed by atoms with Crippen LogP contribution in [0.1, 0.15) is 61.3 Å². The van der Waals surface area contributed by atoms with Crippen molar-refractivity contribution in [2.24, 2.45) is 5.92 Å². The fourth-order valence-electron chi connectivity index (χ4n) is 5.95. The predicted octanol–water partition coefficient (Wildman–Crippen LogP) is 4.12. The molecule has 9 heteroatoms. The number of carbonyl (C=O) groups is 1. The van der Waals surface area contributed by atoms with Gasteiger partial charge in [-0.05, 0) is 93.8 Å². The lowest BCUT2D eigenvalue weighted by atomic mass is 9.88. The van der Waals surface area contributed by atoms with Crippen LogP contribution in [0.3, 0.4) is 0 Å². The third-order valence-electron chi connectivity index (χ3n) is 7.92. The number of methoxy groups -OCH3 is 1. The van der Waals surface area contributed by atoms with E-state index in [4.69, 9.17) is 9.47 Å². The molecule has 2 fully saturated rings. The van der Waals surface area contributed by atoms with Gasteiger partial charge in [0.25, 0.3) is 0 Å². The Morgan fingerprint density at radius 1 is 1.08 bits per heavy atom. The summed E-state index contributed by atoms with van der Waals surface area (Å²) < 4.78 is 40.3. The zero-order valence-electron chi connectivity index (χ0n) is 23.4. The molecule has 0 radical (unpaired) electrons. The molecule has 2 atom stereocenters. The summed E-state index contributed by atoms with van der Waals surface area (Å²) in [5, 5.41) is 6.59. The molecule has 2 aliphatic heterocycles. The first-order valence-electron chi connectivity index (χ1n) is 14.1. The first-order chi connectivity index (χ1) is 18.8. The normalized spacial score (nSPS) is 19.9. The lowest BCUT2D eigenvalue weighted by molar-refractivity contribution is -0.127. The fraction of sp³-hybridized carbons (Fsp3) is 0.567. The minimum atomic E-state index is -3.73. The van der Waals surface area contributed by atoms with Gasteiger partial charge in [0.2, 0.25) is 15.9 Å².